The van der Waals surface area contributed by atoms with Gasteiger partial charge in [-0.3, -0.25) is 9.59 Å². The van der Waals surface area contributed by atoms with E-state index in [1.165, 1.54) is 25.3 Å². The molecule has 0 aliphatic carbocycles. The Bertz CT molecular complexity index is 895. The maximum atomic E-state index is 12.0. The van der Waals surface area contributed by atoms with Crippen LogP contribution in [-0.4, -0.2) is 47.7 Å². The molecule has 0 spiro atoms. The third-order valence-electron chi connectivity index (χ3n) is 3.97. The summed E-state index contributed by atoms with van der Waals surface area (Å²) in [7, 11) is 1.41. The van der Waals surface area contributed by atoms with Crippen molar-refractivity contribution in [3.8, 4) is 11.5 Å². The number of amides is 2. The van der Waals surface area contributed by atoms with Crippen molar-refractivity contribution in [2.24, 2.45) is 0 Å². The fraction of sp³-hybridized carbons (Fsp3) is 0.190. The summed E-state index contributed by atoms with van der Waals surface area (Å²) in [6.07, 6.45) is 2.85. The van der Waals surface area contributed by atoms with E-state index in [2.05, 4.69) is 10.6 Å². The zero-order valence-electron chi connectivity index (χ0n) is 15.8. The molecule has 0 aromatic heterocycles. The molecule has 4 N–H and O–H groups in total. The Morgan fingerprint density at radius 1 is 1.14 bits per heavy atom. The first kappa shape index (κ1) is 21.5. The maximum Gasteiger partial charge on any atom is 0.326 e. The van der Waals surface area contributed by atoms with Crippen LogP contribution in [0.4, 0.5) is 0 Å². The van der Waals surface area contributed by atoms with Gasteiger partial charge in [0, 0.05) is 12.5 Å². The number of phenolic OH excluding ortho intramolecular Hbond substituents is 1. The van der Waals surface area contributed by atoms with Crippen LogP contribution in [0.25, 0.3) is 6.08 Å². The van der Waals surface area contributed by atoms with Crippen LogP contribution in [0.15, 0.2) is 54.6 Å². The molecule has 0 aliphatic heterocycles. The molecular formula is C21H22N2O6. The molecule has 0 radical (unpaired) electrons. The highest BCUT2D eigenvalue weighted by molar-refractivity contribution is 5.95. The first-order valence-corrected chi connectivity index (χ1v) is 8.78. The minimum atomic E-state index is -1.16. The molecule has 0 bridgehead atoms. The summed E-state index contributed by atoms with van der Waals surface area (Å²) in [5.74, 6) is -2.04. The second kappa shape index (κ2) is 10.5. The van der Waals surface area contributed by atoms with E-state index in [0.29, 0.717) is 5.56 Å². The number of hydrogen-bond donors (Lipinski definition) is 4. The van der Waals surface area contributed by atoms with E-state index < -0.39 is 23.8 Å². The SMILES string of the molecule is COc1cc(C=CC(=O)NCC(=O)NC(Cc2ccccc2)C(=O)O)ccc1O. The maximum absolute atomic E-state index is 12.0. The quantitative estimate of drug-likeness (QED) is 0.473. The molecule has 0 saturated heterocycles. The summed E-state index contributed by atoms with van der Waals surface area (Å²) >= 11 is 0. The largest absolute Gasteiger partial charge is 0.504 e. The highest BCUT2D eigenvalue weighted by Gasteiger charge is 2.20. The van der Waals surface area contributed by atoms with Crippen LogP contribution < -0.4 is 15.4 Å². The van der Waals surface area contributed by atoms with Crippen molar-refractivity contribution in [1.82, 2.24) is 10.6 Å². The molecule has 2 amide bonds. The van der Waals surface area contributed by atoms with Gasteiger partial charge in [-0.25, -0.2) is 4.79 Å². The number of nitrogens with one attached hydrogen (secondary N) is 2. The minimum absolute atomic E-state index is 0.0192. The van der Waals surface area contributed by atoms with Crippen LogP contribution in [0.5, 0.6) is 11.5 Å². The number of ether oxygens (including phenoxy) is 1. The number of carbonyl (C=O) groups is 3. The lowest BCUT2D eigenvalue weighted by Gasteiger charge is -2.14. The Labute approximate surface area is 167 Å². The van der Waals surface area contributed by atoms with Gasteiger partial charge in [0.05, 0.1) is 13.7 Å². The normalized spacial score (nSPS) is 11.6. The standard InChI is InChI=1S/C21H22N2O6/c1-29-18-12-15(7-9-17(18)24)8-10-19(25)22-13-20(26)23-16(21(27)28)11-14-5-3-2-4-6-14/h2-10,12,16,24H,11,13H2,1H3,(H,22,25)(H,23,26)(H,27,28). The summed E-state index contributed by atoms with van der Waals surface area (Å²) in [5, 5.41) is 23.6. The fourth-order valence-corrected chi connectivity index (χ4v) is 2.49. The van der Waals surface area contributed by atoms with Gasteiger partial charge in [0.25, 0.3) is 0 Å². The zero-order chi connectivity index (χ0) is 21.2. The molecule has 0 aliphatic rings. The summed E-state index contributed by atoms with van der Waals surface area (Å²) in [5.41, 5.74) is 1.39. The molecule has 0 heterocycles. The Hall–Kier alpha value is -3.81. The van der Waals surface area contributed by atoms with E-state index in [1.807, 2.05) is 6.07 Å². The average Bonchev–Trinajstić information content (AvgIpc) is 2.71. The molecule has 29 heavy (non-hydrogen) atoms. The number of phenols is 1. The highest BCUT2D eigenvalue weighted by atomic mass is 16.5. The number of benzene rings is 2. The number of aromatic hydroxyl groups is 1. The van der Waals surface area contributed by atoms with E-state index in [4.69, 9.17) is 4.74 Å². The van der Waals surface area contributed by atoms with Crippen LogP contribution >= 0.6 is 0 Å². The third kappa shape index (κ3) is 7.02. The number of methoxy groups -OCH3 is 1. The predicted octanol–water partition coefficient (Wildman–Crippen LogP) is 1.34. The van der Waals surface area contributed by atoms with E-state index in [-0.39, 0.29) is 24.5 Å². The Kier molecular flexibility index (Phi) is 7.78. The lowest BCUT2D eigenvalue weighted by Crippen LogP contribution is -2.46. The second-order valence-electron chi connectivity index (χ2n) is 6.13. The van der Waals surface area contributed by atoms with Gasteiger partial charge in [-0.05, 0) is 29.3 Å². The van der Waals surface area contributed by atoms with Crippen LogP contribution in [0.1, 0.15) is 11.1 Å². The predicted molar refractivity (Wildman–Crippen MR) is 106 cm³/mol. The van der Waals surface area contributed by atoms with Crippen molar-refractivity contribution >= 4 is 23.9 Å². The summed E-state index contributed by atoms with van der Waals surface area (Å²) in [6, 6.07) is 12.4. The number of carboxylic acid groups (broad SMARTS) is 1. The van der Waals surface area contributed by atoms with Gasteiger partial charge in [-0.1, -0.05) is 36.4 Å². The first-order valence-electron chi connectivity index (χ1n) is 8.78. The number of rotatable bonds is 9. The van der Waals surface area contributed by atoms with Crippen molar-refractivity contribution in [2.45, 2.75) is 12.5 Å². The van der Waals surface area contributed by atoms with Crippen molar-refractivity contribution in [3.63, 3.8) is 0 Å². The molecule has 2 rings (SSSR count). The third-order valence-corrected chi connectivity index (χ3v) is 3.97. The van der Waals surface area contributed by atoms with Crippen molar-refractivity contribution in [3.05, 3.63) is 65.7 Å². The van der Waals surface area contributed by atoms with Gasteiger partial charge in [0.15, 0.2) is 11.5 Å². The molecule has 1 atom stereocenters. The zero-order valence-corrected chi connectivity index (χ0v) is 15.8. The molecule has 0 saturated carbocycles. The van der Waals surface area contributed by atoms with Crippen LogP contribution in [-0.2, 0) is 20.8 Å². The number of hydrogen-bond acceptors (Lipinski definition) is 5. The molecular weight excluding hydrogens is 376 g/mol. The first-order chi connectivity index (χ1) is 13.9. The van der Waals surface area contributed by atoms with Crippen molar-refractivity contribution in [2.75, 3.05) is 13.7 Å². The van der Waals surface area contributed by atoms with Crippen LogP contribution in [0.3, 0.4) is 0 Å². The van der Waals surface area contributed by atoms with E-state index >= 15 is 0 Å². The van der Waals surface area contributed by atoms with E-state index in [0.717, 1.165) is 5.56 Å². The summed E-state index contributed by atoms with van der Waals surface area (Å²) in [6.45, 7) is -0.360. The van der Waals surface area contributed by atoms with Crippen molar-refractivity contribution in [1.29, 1.82) is 0 Å². The van der Waals surface area contributed by atoms with Gasteiger partial charge in [0.1, 0.15) is 6.04 Å². The highest BCUT2D eigenvalue weighted by Crippen LogP contribution is 2.26. The van der Waals surface area contributed by atoms with E-state index in [1.54, 1.807) is 36.4 Å². The average molecular weight is 398 g/mol. The second-order valence-corrected chi connectivity index (χ2v) is 6.13. The molecule has 8 heteroatoms. The monoisotopic (exact) mass is 398 g/mol. The molecule has 152 valence electrons. The van der Waals surface area contributed by atoms with Gasteiger partial charge in [0.2, 0.25) is 11.8 Å². The smallest absolute Gasteiger partial charge is 0.326 e. The molecule has 0 fully saturated rings. The lowest BCUT2D eigenvalue weighted by atomic mass is 10.1. The van der Waals surface area contributed by atoms with Gasteiger partial charge < -0.3 is 25.6 Å². The lowest BCUT2D eigenvalue weighted by molar-refractivity contribution is -0.141. The van der Waals surface area contributed by atoms with Crippen LogP contribution in [0, 0.1) is 0 Å². The Morgan fingerprint density at radius 3 is 2.52 bits per heavy atom. The van der Waals surface area contributed by atoms with Gasteiger partial charge in [-0.15, -0.1) is 0 Å². The summed E-state index contributed by atoms with van der Waals surface area (Å²) in [4.78, 5) is 35.2. The molecule has 2 aromatic rings. The molecule has 1 unspecified atom stereocenters. The number of aliphatic carboxylic acids is 1. The van der Waals surface area contributed by atoms with Gasteiger partial charge >= 0.3 is 5.97 Å². The Balaban J connectivity index is 1.85. The molecule has 8 nitrogen and oxygen atoms in total. The fourth-order valence-electron chi connectivity index (χ4n) is 2.49. The minimum Gasteiger partial charge on any atom is -0.504 e. The molecule has 2 aromatic carbocycles. The van der Waals surface area contributed by atoms with Gasteiger partial charge in [-0.2, -0.15) is 0 Å². The Morgan fingerprint density at radius 2 is 1.86 bits per heavy atom. The summed E-state index contributed by atoms with van der Waals surface area (Å²) < 4.78 is 4.98. The van der Waals surface area contributed by atoms with E-state index in [9.17, 15) is 24.6 Å². The number of carboxylic acids is 1. The van der Waals surface area contributed by atoms with Crippen molar-refractivity contribution < 1.29 is 29.3 Å². The topological polar surface area (TPSA) is 125 Å². The number of carbonyl (C=O) groups excluding carboxylic acids is 2. The van der Waals surface area contributed by atoms with Crippen LogP contribution in [0.2, 0.25) is 0 Å².